The van der Waals surface area contributed by atoms with Crippen LogP contribution in [0.3, 0.4) is 0 Å². The predicted molar refractivity (Wildman–Crippen MR) is 45.6 cm³/mol. The first-order valence-electron chi connectivity index (χ1n) is 3.96. The van der Waals surface area contributed by atoms with E-state index >= 15 is 0 Å². The number of rotatable bonds is 4. The molecule has 2 heteroatoms. The molecule has 1 aromatic rings. The molecule has 2 nitrogen and oxygen atoms in total. The van der Waals surface area contributed by atoms with E-state index in [2.05, 4.69) is 19.0 Å². The number of furan rings is 1. The van der Waals surface area contributed by atoms with Gasteiger partial charge in [-0.3, -0.25) is 0 Å². The molecule has 0 bridgehead atoms. The Morgan fingerprint density at radius 1 is 1.45 bits per heavy atom. The monoisotopic (exact) mass is 153 g/mol. The van der Waals surface area contributed by atoms with Crippen LogP contribution in [0.15, 0.2) is 22.8 Å². The van der Waals surface area contributed by atoms with Gasteiger partial charge < -0.3 is 9.32 Å². The highest BCUT2D eigenvalue weighted by Crippen LogP contribution is 2.03. The first-order chi connectivity index (χ1) is 5.29. The van der Waals surface area contributed by atoms with Gasteiger partial charge in [0.15, 0.2) is 0 Å². The number of hydrogen-bond donors (Lipinski definition) is 0. The van der Waals surface area contributed by atoms with Crippen molar-refractivity contribution in [3.63, 3.8) is 0 Å². The molecule has 0 saturated heterocycles. The molecular weight excluding hydrogens is 138 g/mol. The third-order valence-electron chi connectivity index (χ3n) is 1.61. The minimum absolute atomic E-state index is 1.05. The molecule has 0 aliphatic heterocycles. The topological polar surface area (TPSA) is 16.4 Å². The Morgan fingerprint density at radius 2 is 2.27 bits per heavy atom. The fourth-order valence-corrected chi connectivity index (χ4v) is 1.02. The Balaban J connectivity index is 2.14. The van der Waals surface area contributed by atoms with Crippen molar-refractivity contribution in [2.75, 3.05) is 20.6 Å². The summed E-state index contributed by atoms with van der Waals surface area (Å²) in [6, 6.07) is 3.96. The molecule has 0 radical (unpaired) electrons. The zero-order valence-electron chi connectivity index (χ0n) is 7.21. The Morgan fingerprint density at radius 3 is 2.82 bits per heavy atom. The normalized spacial score (nSPS) is 10.8. The summed E-state index contributed by atoms with van der Waals surface area (Å²) in [6.45, 7) is 1.13. The van der Waals surface area contributed by atoms with Gasteiger partial charge >= 0.3 is 0 Å². The maximum absolute atomic E-state index is 5.20. The van der Waals surface area contributed by atoms with Crippen molar-refractivity contribution in [3.05, 3.63) is 24.2 Å². The third kappa shape index (κ3) is 3.23. The summed E-state index contributed by atoms with van der Waals surface area (Å²) < 4.78 is 5.20. The Kier molecular flexibility index (Phi) is 3.17. The van der Waals surface area contributed by atoms with Crippen molar-refractivity contribution in [1.29, 1.82) is 0 Å². The maximum atomic E-state index is 5.20. The second-order valence-electron chi connectivity index (χ2n) is 2.99. The van der Waals surface area contributed by atoms with Crippen LogP contribution in [0.2, 0.25) is 0 Å². The van der Waals surface area contributed by atoms with Crippen molar-refractivity contribution in [3.8, 4) is 0 Å². The molecule has 0 aliphatic rings. The summed E-state index contributed by atoms with van der Waals surface area (Å²) in [5.41, 5.74) is 0. The third-order valence-corrected chi connectivity index (χ3v) is 1.61. The van der Waals surface area contributed by atoms with Gasteiger partial charge in [-0.1, -0.05) is 0 Å². The SMILES string of the molecule is CN(C)CCCc1ccco1. The zero-order chi connectivity index (χ0) is 8.10. The number of hydrogen-bond acceptors (Lipinski definition) is 2. The van der Waals surface area contributed by atoms with Gasteiger partial charge in [0.05, 0.1) is 6.26 Å². The van der Waals surface area contributed by atoms with Crippen LogP contribution < -0.4 is 0 Å². The van der Waals surface area contributed by atoms with E-state index in [1.165, 1.54) is 6.42 Å². The van der Waals surface area contributed by atoms with E-state index in [0.717, 1.165) is 18.7 Å². The van der Waals surface area contributed by atoms with Crippen LogP contribution in [0.5, 0.6) is 0 Å². The molecule has 0 aromatic carbocycles. The summed E-state index contributed by atoms with van der Waals surface area (Å²) in [7, 11) is 4.17. The molecule has 0 unspecified atom stereocenters. The van der Waals surface area contributed by atoms with Gasteiger partial charge in [0.25, 0.3) is 0 Å². The fraction of sp³-hybridized carbons (Fsp3) is 0.556. The molecule has 0 spiro atoms. The van der Waals surface area contributed by atoms with Gasteiger partial charge in [-0.25, -0.2) is 0 Å². The number of nitrogens with zero attached hydrogens (tertiary/aromatic N) is 1. The summed E-state index contributed by atoms with van der Waals surface area (Å²) in [5.74, 6) is 1.09. The molecule has 0 aliphatic carbocycles. The van der Waals surface area contributed by atoms with Crippen LogP contribution in [-0.2, 0) is 6.42 Å². The maximum Gasteiger partial charge on any atom is 0.103 e. The van der Waals surface area contributed by atoms with Crippen molar-refractivity contribution >= 4 is 0 Å². The molecular formula is C9H15NO. The van der Waals surface area contributed by atoms with Crippen molar-refractivity contribution in [1.82, 2.24) is 4.90 Å². The standard InChI is InChI=1S/C9H15NO/c1-10(2)7-3-5-9-6-4-8-11-9/h4,6,8H,3,5,7H2,1-2H3. The van der Waals surface area contributed by atoms with E-state index in [1.807, 2.05) is 12.1 Å². The van der Waals surface area contributed by atoms with Gasteiger partial charge in [-0.2, -0.15) is 0 Å². The molecule has 1 aromatic heterocycles. The summed E-state index contributed by atoms with van der Waals surface area (Å²) in [6.07, 6.45) is 3.94. The number of aryl methyl sites for hydroxylation is 1. The van der Waals surface area contributed by atoms with Crippen molar-refractivity contribution < 1.29 is 4.42 Å². The lowest BCUT2D eigenvalue weighted by Gasteiger charge is -2.07. The summed E-state index contributed by atoms with van der Waals surface area (Å²) >= 11 is 0. The van der Waals surface area contributed by atoms with E-state index < -0.39 is 0 Å². The van der Waals surface area contributed by atoms with Crippen LogP contribution >= 0.6 is 0 Å². The van der Waals surface area contributed by atoms with Gasteiger partial charge in [0, 0.05) is 6.42 Å². The zero-order valence-corrected chi connectivity index (χ0v) is 7.21. The smallest absolute Gasteiger partial charge is 0.103 e. The molecule has 0 fully saturated rings. The Labute approximate surface area is 67.8 Å². The molecule has 0 amide bonds. The van der Waals surface area contributed by atoms with E-state index in [4.69, 9.17) is 4.42 Å². The predicted octanol–water partition coefficient (Wildman–Crippen LogP) is 1.77. The molecule has 1 heterocycles. The first-order valence-corrected chi connectivity index (χ1v) is 3.96. The quantitative estimate of drug-likeness (QED) is 0.655. The first kappa shape index (κ1) is 8.34. The average Bonchev–Trinajstić information content (AvgIpc) is 2.39. The second-order valence-corrected chi connectivity index (χ2v) is 2.99. The van der Waals surface area contributed by atoms with E-state index in [0.29, 0.717) is 0 Å². The van der Waals surface area contributed by atoms with Crippen LogP contribution in [0.1, 0.15) is 12.2 Å². The van der Waals surface area contributed by atoms with Crippen LogP contribution in [0.4, 0.5) is 0 Å². The molecule has 0 N–H and O–H groups in total. The molecule has 0 saturated carbocycles. The van der Waals surface area contributed by atoms with Gasteiger partial charge in [0.2, 0.25) is 0 Å². The van der Waals surface area contributed by atoms with E-state index in [9.17, 15) is 0 Å². The molecule has 1 rings (SSSR count). The molecule has 0 atom stereocenters. The Hall–Kier alpha value is -0.760. The van der Waals surface area contributed by atoms with Crippen LogP contribution in [-0.4, -0.2) is 25.5 Å². The Bertz CT molecular complexity index is 179. The van der Waals surface area contributed by atoms with E-state index in [-0.39, 0.29) is 0 Å². The molecule has 62 valence electrons. The lowest BCUT2D eigenvalue weighted by atomic mass is 10.2. The lowest BCUT2D eigenvalue weighted by molar-refractivity contribution is 0.389. The largest absolute Gasteiger partial charge is 0.469 e. The highest BCUT2D eigenvalue weighted by atomic mass is 16.3. The fourth-order valence-electron chi connectivity index (χ4n) is 1.02. The van der Waals surface area contributed by atoms with Crippen LogP contribution in [0, 0.1) is 0 Å². The van der Waals surface area contributed by atoms with E-state index in [1.54, 1.807) is 6.26 Å². The minimum Gasteiger partial charge on any atom is -0.469 e. The van der Waals surface area contributed by atoms with Gasteiger partial charge in [0.1, 0.15) is 5.76 Å². The lowest BCUT2D eigenvalue weighted by Crippen LogP contribution is -2.13. The van der Waals surface area contributed by atoms with Crippen molar-refractivity contribution in [2.24, 2.45) is 0 Å². The van der Waals surface area contributed by atoms with Crippen LogP contribution in [0.25, 0.3) is 0 Å². The summed E-state index contributed by atoms with van der Waals surface area (Å²) in [5, 5.41) is 0. The van der Waals surface area contributed by atoms with Crippen molar-refractivity contribution in [2.45, 2.75) is 12.8 Å². The second kappa shape index (κ2) is 4.19. The highest BCUT2D eigenvalue weighted by Gasteiger charge is 1.95. The summed E-state index contributed by atoms with van der Waals surface area (Å²) in [4.78, 5) is 2.18. The molecule has 11 heavy (non-hydrogen) atoms. The van der Waals surface area contributed by atoms with Gasteiger partial charge in [-0.05, 0) is 39.2 Å². The highest BCUT2D eigenvalue weighted by molar-refractivity contribution is 4.97. The minimum atomic E-state index is 1.05. The average molecular weight is 153 g/mol. The van der Waals surface area contributed by atoms with Gasteiger partial charge in [-0.15, -0.1) is 0 Å².